The number of nitrogens with two attached hydrogens (primary N) is 1. The minimum absolute atomic E-state index is 0.241. The first kappa shape index (κ1) is 13.4. The topological polar surface area (TPSA) is 98.5 Å². The Morgan fingerprint density at radius 2 is 2.18 bits per heavy atom. The molecule has 0 aromatic heterocycles. The zero-order valence-corrected chi connectivity index (χ0v) is 9.75. The summed E-state index contributed by atoms with van der Waals surface area (Å²) in [6.45, 7) is 1.39. The molecule has 8 heteroatoms. The van der Waals surface area contributed by atoms with Gasteiger partial charge in [-0.1, -0.05) is 13.0 Å². The second-order valence-corrected chi connectivity index (χ2v) is 5.30. The van der Waals surface area contributed by atoms with Gasteiger partial charge in [0.1, 0.15) is 4.90 Å². The maximum Gasteiger partial charge on any atom is 0.430 e. The van der Waals surface area contributed by atoms with Gasteiger partial charge in [0.25, 0.3) is 0 Å². The number of rotatable bonds is 3. The Kier molecular flexibility index (Phi) is 4.02. The third-order valence-corrected chi connectivity index (χ3v) is 3.77. The Morgan fingerprint density at radius 3 is 2.71 bits per heavy atom. The summed E-state index contributed by atoms with van der Waals surface area (Å²) >= 11 is 0. The van der Waals surface area contributed by atoms with Crippen LogP contribution in [0.1, 0.15) is 6.92 Å². The van der Waals surface area contributed by atoms with Crippen molar-refractivity contribution in [1.29, 1.82) is 0 Å². The fourth-order valence-electron chi connectivity index (χ4n) is 1.14. The molecule has 0 spiro atoms. The van der Waals surface area contributed by atoms with Crippen molar-refractivity contribution in [2.24, 2.45) is 5.90 Å². The third kappa shape index (κ3) is 2.92. The molecule has 0 saturated carbocycles. The van der Waals surface area contributed by atoms with Gasteiger partial charge in [-0.15, -0.1) is 0 Å². The summed E-state index contributed by atoms with van der Waals surface area (Å²) in [5.41, 5.74) is -0.310. The molecule has 0 aliphatic rings. The molecule has 1 aromatic carbocycles. The van der Waals surface area contributed by atoms with Crippen LogP contribution in [-0.2, 0) is 14.7 Å². The lowest BCUT2D eigenvalue weighted by Crippen LogP contribution is -2.19. The lowest BCUT2D eigenvalue weighted by Gasteiger charge is -2.08. The Balaban J connectivity index is 3.21. The van der Waals surface area contributed by atoms with Crippen LogP contribution in [0, 0.1) is 5.82 Å². The van der Waals surface area contributed by atoms with Gasteiger partial charge >= 0.3 is 6.09 Å². The van der Waals surface area contributed by atoms with Gasteiger partial charge in [0.05, 0.1) is 11.4 Å². The highest BCUT2D eigenvalue weighted by atomic mass is 32.2. The zero-order valence-electron chi connectivity index (χ0n) is 8.94. The minimum atomic E-state index is -3.69. The monoisotopic (exact) mass is 262 g/mol. The number of amides is 1. The second-order valence-electron chi connectivity index (χ2n) is 3.05. The molecule has 1 aromatic rings. The third-order valence-electron chi connectivity index (χ3n) is 2.02. The van der Waals surface area contributed by atoms with Crippen molar-refractivity contribution in [3.05, 3.63) is 24.0 Å². The number of nitrogens with one attached hydrogen (secondary N) is 1. The van der Waals surface area contributed by atoms with E-state index in [0.29, 0.717) is 0 Å². The first-order valence-corrected chi connectivity index (χ1v) is 6.26. The molecule has 0 unspecified atom stereocenters. The quantitative estimate of drug-likeness (QED) is 0.793. The number of anilines is 1. The molecule has 94 valence electrons. The molecule has 0 aliphatic carbocycles. The summed E-state index contributed by atoms with van der Waals surface area (Å²) in [7, 11) is -3.69. The molecule has 0 bridgehead atoms. The molecule has 0 atom stereocenters. The Labute approximate surface area is 97.4 Å². The van der Waals surface area contributed by atoms with Crippen molar-refractivity contribution in [2.75, 3.05) is 11.1 Å². The highest BCUT2D eigenvalue weighted by molar-refractivity contribution is 7.91. The van der Waals surface area contributed by atoms with Crippen LogP contribution in [0.3, 0.4) is 0 Å². The number of sulfone groups is 1. The number of halogens is 1. The minimum Gasteiger partial charge on any atom is -0.357 e. The molecule has 1 amide bonds. The van der Waals surface area contributed by atoms with Gasteiger partial charge in [0.15, 0.2) is 15.7 Å². The van der Waals surface area contributed by atoms with E-state index < -0.39 is 26.6 Å². The van der Waals surface area contributed by atoms with E-state index >= 15 is 0 Å². The van der Waals surface area contributed by atoms with Crippen molar-refractivity contribution in [3.63, 3.8) is 0 Å². The van der Waals surface area contributed by atoms with E-state index in [9.17, 15) is 17.6 Å². The van der Waals surface area contributed by atoms with Crippen LogP contribution in [-0.4, -0.2) is 20.3 Å². The maximum atomic E-state index is 13.8. The molecule has 3 N–H and O–H groups in total. The lowest BCUT2D eigenvalue weighted by atomic mass is 10.3. The van der Waals surface area contributed by atoms with Crippen LogP contribution in [0.5, 0.6) is 0 Å². The van der Waals surface area contributed by atoms with Crippen LogP contribution in [0.15, 0.2) is 23.1 Å². The maximum absolute atomic E-state index is 13.8. The van der Waals surface area contributed by atoms with E-state index in [-0.39, 0.29) is 11.4 Å². The second kappa shape index (κ2) is 5.11. The van der Waals surface area contributed by atoms with Gasteiger partial charge in [0, 0.05) is 0 Å². The average molecular weight is 262 g/mol. The summed E-state index contributed by atoms with van der Waals surface area (Å²) in [5, 5.41) is 1.97. The van der Waals surface area contributed by atoms with E-state index in [0.717, 1.165) is 6.07 Å². The van der Waals surface area contributed by atoms with E-state index in [2.05, 4.69) is 10.7 Å². The summed E-state index contributed by atoms with van der Waals surface area (Å²) in [4.78, 5) is 14.1. The SMILES string of the molecule is CCS(=O)(=O)c1cccc(NC(=O)ON)c1F. The zero-order chi connectivity index (χ0) is 13.1. The summed E-state index contributed by atoms with van der Waals surface area (Å²) in [6.07, 6.45) is -1.09. The van der Waals surface area contributed by atoms with E-state index in [4.69, 9.17) is 0 Å². The highest BCUT2D eigenvalue weighted by Crippen LogP contribution is 2.22. The number of benzene rings is 1. The van der Waals surface area contributed by atoms with Crippen LogP contribution >= 0.6 is 0 Å². The smallest absolute Gasteiger partial charge is 0.357 e. The summed E-state index contributed by atoms with van der Waals surface area (Å²) in [5.74, 6) is 3.28. The molecule has 0 saturated heterocycles. The summed E-state index contributed by atoms with van der Waals surface area (Å²) in [6, 6.07) is 3.62. The van der Waals surface area contributed by atoms with Crippen molar-refractivity contribution < 1.29 is 22.4 Å². The van der Waals surface area contributed by atoms with Gasteiger partial charge in [0.2, 0.25) is 0 Å². The fourth-order valence-corrected chi connectivity index (χ4v) is 2.12. The standard InChI is InChI=1S/C9H11FN2O4S/c1-2-17(14,15)7-5-3-4-6(8(7)10)12-9(13)16-11/h3-5H,2,11H2,1H3,(H,12,13). The normalized spacial score (nSPS) is 11.0. The molecule has 1 rings (SSSR count). The molecule has 0 heterocycles. The van der Waals surface area contributed by atoms with Crippen molar-refractivity contribution in [1.82, 2.24) is 0 Å². The first-order chi connectivity index (χ1) is 7.92. The first-order valence-electron chi connectivity index (χ1n) is 4.61. The van der Waals surface area contributed by atoms with E-state index in [1.807, 2.05) is 5.32 Å². The Morgan fingerprint density at radius 1 is 1.53 bits per heavy atom. The van der Waals surface area contributed by atoms with E-state index in [1.165, 1.54) is 19.1 Å². The van der Waals surface area contributed by atoms with Crippen LogP contribution in [0.2, 0.25) is 0 Å². The Bertz CT molecular complexity index is 530. The van der Waals surface area contributed by atoms with Crippen LogP contribution in [0.4, 0.5) is 14.9 Å². The van der Waals surface area contributed by atoms with Crippen LogP contribution in [0.25, 0.3) is 0 Å². The molecular weight excluding hydrogens is 251 g/mol. The lowest BCUT2D eigenvalue weighted by molar-refractivity contribution is 0.163. The van der Waals surface area contributed by atoms with Gasteiger partial charge in [-0.25, -0.2) is 17.6 Å². The van der Waals surface area contributed by atoms with Crippen molar-refractivity contribution in [3.8, 4) is 0 Å². The Hall–Kier alpha value is -1.67. The number of hydrogen-bond acceptors (Lipinski definition) is 5. The number of carbonyl (C=O) groups is 1. The van der Waals surface area contributed by atoms with Gasteiger partial charge in [-0.05, 0) is 12.1 Å². The van der Waals surface area contributed by atoms with Gasteiger partial charge < -0.3 is 4.84 Å². The largest absolute Gasteiger partial charge is 0.430 e. The van der Waals surface area contributed by atoms with Crippen molar-refractivity contribution >= 4 is 21.6 Å². The van der Waals surface area contributed by atoms with Gasteiger partial charge in [-0.3, -0.25) is 5.32 Å². The summed E-state index contributed by atoms with van der Waals surface area (Å²) < 4.78 is 36.8. The average Bonchev–Trinajstić information content (AvgIpc) is 2.31. The molecule has 0 radical (unpaired) electrons. The number of carbonyl (C=O) groups excluding carboxylic acids is 1. The molecular formula is C9H11FN2O4S. The molecule has 0 aliphatic heterocycles. The highest BCUT2D eigenvalue weighted by Gasteiger charge is 2.20. The fraction of sp³-hybridized carbons (Fsp3) is 0.222. The van der Waals surface area contributed by atoms with Crippen LogP contribution < -0.4 is 11.2 Å². The molecule has 0 fully saturated rings. The van der Waals surface area contributed by atoms with Gasteiger partial charge in [-0.2, -0.15) is 5.90 Å². The molecule has 17 heavy (non-hydrogen) atoms. The van der Waals surface area contributed by atoms with Crippen molar-refractivity contribution in [2.45, 2.75) is 11.8 Å². The van der Waals surface area contributed by atoms with E-state index in [1.54, 1.807) is 0 Å². The number of hydrogen-bond donors (Lipinski definition) is 2. The predicted octanol–water partition coefficient (Wildman–Crippen LogP) is 1.04. The predicted molar refractivity (Wildman–Crippen MR) is 58.4 cm³/mol. The molecule has 6 nitrogen and oxygen atoms in total.